The molecule has 3 N–H and O–H groups in total. The number of benzene rings is 2. The lowest BCUT2D eigenvalue weighted by Crippen LogP contribution is -2.51. The number of carbonyl (C=O) groups is 2. The second-order valence-electron chi connectivity index (χ2n) is 6.15. The van der Waals surface area contributed by atoms with Gasteiger partial charge in [0, 0.05) is 44.5 Å². The molecule has 7 heteroatoms. The molecule has 3 rings (SSSR count). The lowest BCUT2D eigenvalue weighted by atomic mass is 10.1. The maximum Gasteiger partial charge on any atom is 0.335 e. The van der Waals surface area contributed by atoms with E-state index in [9.17, 15) is 14.7 Å². The minimum atomic E-state index is -0.967. The Bertz CT molecular complexity index is 784. The summed E-state index contributed by atoms with van der Waals surface area (Å²) in [5.41, 5.74) is 2.02. The van der Waals surface area contributed by atoms with Gasteiger partial charge < -0.3 is 25.3 Å². The summed E-state index contributed by atoms with van der Waals surface area (Å²) in [6.45, 7) is 2.94. The number of phenolic OH excluding ortho intramolecular Hbond substituents is 1. The van der Waals surface area contributed by atoms with Crippen LogP contribution in [0.3, 0.4) is 0 Å². The molecular weight excluding hydrogens is 334 g/mol. The van der Waals surface area contributed by atoms with E-state index in [4.69, 9.17) is 5.11 Å². The van der Waals surface area contributed by atoms with Gasteiger partial charge >= 0.3 is 12.0 Å². The molecule has 136 valence electrons. The number of rotatable bonds is 4. The zero-order valence-corrected chi connectivity index (χ0v) is 14.3. The van der Waals surface area contributed by atoms with E-state index in [-0.39, 0.29) is 17.3 Å². The summed E-state index contributed by atoms with van der Waals surface area (Å²) in [4.78, 5) is 27.0. The largest absolute Gasteiger partial charge is 0.508 e. The Morgan fingerprint density at radius 2 is 1.69 bits per heavy atom. The van der Waals surface area contributed by atoms with Crippen molar-refractivity contribution in [1.82, 2.24) is 10.2 Å². The summed E-state index contributed by atoms with van der Waals surface area (Å²) in [6.07, 6.45) is 0. The minimum absolute atomic E-state index is 0.136. The second kappa shape index (κ2) is 7.77. The molecule has 0 atom stereocenters. The average molecular weight is 355 g/mol. The van der Waals surface area contributed by atoms with Gasteiger partial charge in [-0.1, -0.05) is 18.2 Å². The monoisotopic (exact) mass is 355 g/mol. The molecule has 1 aliphatic heterocycles. The van der Waals surface area contributed by atoms with Crippen molar-refractivity contribution >= 4 is 17.7 Å². The molecule has 26 heavy (non-hydrogen) atoms. The number of piperazine rings is 1. The number of carboxylic acid groups (broad SMARTS) is 1. The molecule has 0 radical (unpaired) electrons. The van der Waals surface area contributed by atoms with Crippen LogP contribution in [0.15, 0.2) is 48.5 Å². The first-order valence-electron chi connectivity index (χ1n) is 8.42. The fraction of sp³-hybridized carbons (Fsp3) is 0.263. The molecule has 0 bridgehead atoms. The van der Waals surface area contributed by atoms with Crippen LogP contribution in [-0.2, 0) is 6.54 Å². The Kier molecular flexibility index (Phi) is 5.26. The van der Waals surface area contributed by atoms with Crippen molar-refractivity contribution in [2.45, 2.75) is 6.54 Å². The number of hydrogen-bond acceptors (Lipinski definition) is 4. The fourth-order valence-corrected chi connectivity index (χ4v) is 2.91. The van der Waals surface area contributed by atoms with Crippen LogP contribution in [0.2, 0.25) is 0 Å². The molecule has 1 fully saturated rings. The molecule has 1 aliphatic rings. The first-order valence-corrected chi connectivity index (χ1v) is 8.42. The van der Waals surface area contributed by atoms with Crippen LogP contribution in [0.25, 0.3) is 0 Å². The van der Waals surface area contributed by atoms with Crippen LogP contribution in [-0.4, -0.2) is 53.3 Å². The van der Waals surface area contributed by atoms with E-state index in [1.54, 1.807) is 35.2 Å². The van der Waals surface area contributed by atoms with Gasteiger partial charge in [0.2, 0.25) is 0 Å². The molecule has 0 unspecified atom stereocenters. The summed E-state index contributed by atoms with van der Waals surface area (Å²) >= 11 is 0. The van der Waals surface area contributed by atoms with Crippen molar-refractivity contribution in [3.63, 3.8) is 0 Å². The van der Waals surface area contributed by atoms with Gasteiger partial charge in [0.1, 0.15) is 5.75 Å². The first-order chi connectivity index (χ1) is 12.5. The summed E-state index contributed by atoms with van der Waals surface area (Å²) in [5, 5.41) is 21.3. The molecule has 0 saturated carbocycles. The highest BCUT2D eigenvalue weighted by Gasteiger charge is 2.21. The highest BCUT2D eigenvalue weighted by molar-refractivity contribution is 5.87. The Morgan fingerprint density at radius 1 is 1.00 bits per heavy atom. The third-order valence-corrected chi connectivity index (χ3v) is 4.41. The second-order valence-corrected chi connectivity index (χ2v) is 6.15. The molecule has 2 amide bonds. The fourth-order valence-electron chi connectivity index (χ4n) is 2.91. The van der Waals surface area contributed by atoms with Gasteiger partial charge in [0.15, 0.2) is 0 Å². The molecule has 1 heterocycles. The highest BCUT2D eigenvalue weighted by atomic mass is 16.4. The number of carbonyl (C=O) groups excluding carboxylic acids is 1. The maximum absolute atomic E-state index is 12.3. The van der Waals surface area contributed by atoms with Crippen molar-refractivity contribution < 1.29 is 19.8 Å². The lowest BCUT2D eigenvalue weighted by molar-refractivity contribution is 0.0697. The molecule has 1 saturated heterocycles. The van der Waals surface area contributed by atoms with Crippen molar-refractivity contribution in [3.05, 3.63) is 59.7 Å². The molecule has 0 spiro atoms. The number of aromatic hydroxyl groups is 1. The minimum Gasteiger partial charge on any atom is -0.508 e. The van der Waals surface area contributed by atoms with Gasteiger partial charge in [-0.05, 0) is 29.8 Å². The normalized spacial score (nSPS) is 14.2. The van der Waals surface area contributed by atoms with Crippen LogP contribution in [0.4, 0.5) is 10.5 Å². The lowest BCUT2D eigenvalue weighted by Gasteiger charge is -2.36. The highest BCUT2D eigenvalue weighted by Crippen LogP contribution is 2.21. The third-order valence-electron chi connectivity index (χ3n) is 4.41. The first kappa shape index (κ1) is 17.6. The number of carboxylic acids is 1. The van der Waals surface area contributed by atoms with Crippen molar-refractivity contribution in [1.29, 1.82) is 0 Å². The van der Waals surface area contributed by atoms with Gasteiger partial charge in [-0.3, -0.25) is 0 Å². The number of nitrogens with one attached hydrogen (secondary N) is 1. The number of nitrogens with zero attached hydrogens (tertiary/aromatic N) is 2. The smallest absolute Gasteiger partial charge is 0.335 e. The number of hydrogen-bond donors (Lipinski definition) is 3. The van der Waals surface area contributed by atoms with Crippen molar-refractivity contribution in [3.8, 4) is 5.75 Å². The zero-order valence-electron chi connectivity index (χ0n) is 14.3. The molecule has 7 nitrogen and oxygen atoms in total. The van der Waals surface area contributed by atoms with Gasteiger partial charge in [-0.25, -0.2) is 9.59 Å². The number of anilines is 1. The van der Waals surface area contributed by atoms with Crippen LogP contribution >= 0.6 is 0 Å². The third kappa shape index (κ3) is 4.24. The van der Waals surface area contributed by atoms with E-state index >= 15 is 0 Å². The molecule has 2 aromatic rings. The topological polar surface area (TPSA) is 93.1 Å². The van der Waals surface area contributed by atoms with E-state index in [1.165, 1.54) is 12.1 Å². The van der Waals surface area contributed by atoms with Gasteiger partial charge in [0.05, 0.1) is 5.56 Å². The van der Waals surface area contributed by atoms with E-state index in [2.05, 4.69) is 10.2 Å². The maximum atomic E-state index is 12.3. The quantitative estimate of drug-likeness (QED) is 0.781. The summed E-state index contributed by atoms with van der Waals surface area (Å²) in [6, 6.07) is 13.4. The number of amides is 2. The number of aromatic carboxylic acids is 1. The van der Waals surface area contributed by atoms with Gasteiger partial charge in [-0.2, -0.15) is 0 Å². The summed E-state index contributed by atoms with van der Waals surface area (Å²) in [7, 11) is 0. The SMILES string of the molecule is O=C(O)c1ccc(CNC(=O)N2CCN(c3cccc(O)c3)CC2)cc1. The van der Waals surface area contributed by atoms with Crippen molar-refractivity contribution in [2.24, 2.45) is 0 Å². The predicted octanol–water partition coefficient (Wildman–Crippen LogP) is 2.12. The zero-order chi connectivity index (χ0) is 18.5. The average Bonchev–Trinajstić information content (AvgIpc) is 2.66. The van der Waals surface area contributed by atoms with E-state index in [0.717, 1.165) is 11.3 Å². The Hall–Kier alpha value is -3.22. The van der Waals surface area contributed by atoms with Crippen LogP contribution in [0.5, 0.6) is 5.75 Å². The molecule has 0 aromatic heterocycles. The summed E-state index contributed by atoms with van der Waals surface area (Å²) < 4.78 is 0. The molecule has 0 aliphatic carbocycles. The van der Waals surface area contributed by atoms with Crippen LogP contribution in [0, 0.1) is 0 Å². The molecule has 2 aromatic carbocycles. The van der Waals surface area contributed by atoms with E-state index in [0.29, 0.717) is 32.7 Å². The van der Waals surface area contributed by atoms with E-state index < -0.39 is 5.97 Å². The Labute approximate surface area is 151 Å². The Morgan fingerprint density at radius 3 is 2.31 bits per heavy atom. The van der Waals surface area contributed by atoms with Gasteiger partial charge in [0.25, 0.3) is 0 Å². The number of phenols is 1. The standard InChI is InChI=1S/C19H21N3O4/c23-17-3-1-2-16(12-17)21-8-10-22(11-9-21)19(26)20-13-14-4-6-15(7-5-14)18(24)25/h1-7,12,23H,8-11,13H2,(H,20,26)(H,24,25). The van der Waals surface area contributed by atoms with Crippen LogP contribution in [0.1, 0.15) is 15.9 Å². The number of urea groups is 1. The van der Waals surface area contributed by atoms with E-state index in [1.807, 2.05) is 6.07 Å². The molecular formula is C19H21N3O4. The van der Waals surface area contributed by atoms with Crippen molar-refractivity contribution in [2.75, 3.05) is 31.1 Å². The van der Waals surface area contributed by atoms with Gasteiger partial charge in [-0.15, -0.1) is 0 Å². The summed E-state index contributed by atoms with van der Waals surface area (Å²) in [5.74, 6) is -0.734. The Balaban J connectivity index is 1.48. The van der Waals surface area contributed by atoms with Crippen LogP contribution < -0.4 is 10.2 Å². The predicted molar refractivity (Wildman–Crippen MR) is 97.5 cm³/mol.